The normalized spacial score (nSPS) is 40.9. The van der Waals surface area contributed by atoms with E-state index in [9.17, 15) is 9.59 Å². The number of carbonyl (C=O) groups is 2. The third-order valence-electron chi connectivity index (χ3n) is 3.36. The van der Waals surface area contributed by atoms with Crippen molar-refractivity contribution in [3.8, 4) is 0 Å². The molecule has 0 aromatic carbocycles. The van der Waals surface area contributed by atoms with Crippen molar-refractivity contribution < 1.29 is 19.8 Å². The van der Waals surface area contributed by atoms with Crippen LogP contribution in [-0.2, 0) is 9.59 Å². The summed E-state index contributed by atoms with van der Waals surface area (Å²) in [5, 5.41) is 17.8. The van der Waals surface area contributed by atoms with Crippen LogP contribution in [0.1, 0.15) is 12.8 Å². The molecule has 0 amide bonds. The van der Waals surface area contributed by atoms with E-state index < -0.39 is 18.0 Å². The van der Waals surface area contributed by atoms with Gasteiger partial charge in [0.25, 0.3) is 0 Å². The zero-order valence-corrected chi connectivity index (χ0v) is 7.72. The van der Waals surface area contributed by atoms with Crippen molar-refractivity contribution in [2.75, 3.05) is 13.1 Å². The Morgan fingerprint density at radius 1 is 1.21 bits per heavy atom. The number of hydrogen-bond acceptors (Lipinski definition) is 3. The molecule has 78 valence electrons. The number of hydrogen-bond donors (Lipinski definition) is 2. The number of nitrogens with zero attached hydrogens (tertiary/aromatic N) is 1. The highest BCUT2D eigenvalue weighted by atomic mass is 16.4. The molecule has 3 heterocycles. The Kier molecular flexibility index (Phi) is 2.19. The molecule has 5 heteroatoms. The predicted octanol–water partition coefficient (Wildman–Crippen LogP) is -0.134. The van der Waals surface area contributed by atoms with Crippen molar-refractivity contribution in [2.24, 2.45) is 11.8 Å². The van der Waals surface area contributed by atoms with Gasteiger partial charge in [-0.25, -0.2) is 0 Å². The Morgan fingerprint density at radius 2 is 1.93 bits per heavy atom. The van der Waals surface area contributed by atoms with Crippen LogP contribution in [0.3, 0.4) is 0 Å². The van der Waals surface area contributed by atoms with Gasteiger partial charge in [0, 0.05) is 6.54 Å². The smallest absolute Gasteiger partial charge is 0.320 e. The third kappa shape index (κ3) is 1.37. The van der Waals surface area contributed by atoms with Crippen molar-refractivity contribution in [3.63, 3.8) is 0 Å². The average molecular weight is 199 g/mol. The molecule has 3 saturated heterocycles. The second-order valence-corrected chi connectivity index (χ2v) is 4.08. The molecule has 2 bridgehead atoms. The van der Waals surface area contributed by atoms with Crippen molar-refractivity contribution in [2.45, 2.75) is 18.9 Å². The Balaban J connectivity index is 2.12. The van der Waals surface area contributed by atoms with Crippen LogP contribution in [0.15, 0.2) is 0 Å². The van der Waals surface area contributed by atoms with Crippen LogP contribution in [0.25, 0.3) is 0 Å². The topological polar surface area (TPSA) is 77.8 Å². The molecule has 3 fully saturated rings. The first-order valence-electron chi connectivity index (χ1n) is 4.79. The van der Waals surface area contributed by atoms with E-state index >= 15 is 0 Å². The summed E-state index contributed by atoms with van der Waals surface area (Å²) in [4.78, 5) is 23.5. The minimum Gasteiger partial charge on any atom is -0.481 e. The minimum absolute atomic E-state index is 0.0543. The number of carboxylic acid groups (broad SMARTS) is 2. The fraction of sp³-hybridized carbons (Fsp3) is 0.778. The summed E-state index contributed by atoms with van der Waals surface area (Å²) in [6.07, 6.45) is 1.31. The molecule has 3 aliphatic rings. The Morgan fingerprint density at radius 3 is 2.36 bits per heavy atom. The van der Waals surface area contributed by atoms with Crippen LogP contribution in [0.5, 0.6) is 0 Å². The zero-order valence-electron chi connectivity index (χ0n) is 7.72. The van der Waals surface area contributed by atoms with E-state index in [2.05, 4.69) is 0 Å². The van der Waals surface area contributed by atoms with Crippen LogP contribution in [-0.4, -0.2) is 46.2 Å². The van der Waals surface area contributed by atoms with Gasteiger partial charge in [-0.15, -0.1) is 0 Å². The van der Waals surface area contributed by atoms with Crippen LogP contribution in [0, 0.1) is 11.8 Å². The molecule has 1 unspecified atom stereocenters. The SMILES string of the molecule is O=C(O)[C@H]1CN2CC[C@H]1C[C@H]2C(=O)O. The highest BCUT2D eigenvalue weighted by Gasteiger charge is 2.45. The summed E-state index contributed by atoms with van der Waals surface area (Å²) in [7, 11) is 0. The molecular formula is C9H13NO4. The van der Waals surface area contributed by atoms with Crippen molar-refractivity contribution in [1.29, 1.82) is 0 Å². The summed E-state index contributed by atoms with van der Waals surface area (Å²) in [5.74, 6) is -1.92. The number of rotatable bonds is 2. The van der Waals surface area contributed by atoms with Gasteiger partial charge >= 0.3 is 11.9 Å². The van der Waals surface area contributed by atoms with Gasteiger partial charge in [-0.05, 0) is 25.3 Å². The molecule has 0 radical (unpaired) electrons. The Bertz CT molecular complexity index is 250. The van der Waals surface area contributed by atoms with Crippen LogP contribution in [0.4, 0.5) is 0 Å². The van der Waals surface area contributed by atoms with E-state index in [0.29, 0.717) is 13.0 Å². The summed E-state index contributed by atoms with van der Waals surface area (Å²) in [5.41, 5.74) is 0. The lowest BCUT2D eigenvalue weighted by Crippen LogP contribution is -2.57. The van der Waals surface area contributed by atoms with Gasteiger partial charge in [0.15, 0.2) is 0 Å². The van der Waals surface area contributed by atoms with Gasteiger partial charge in [0.2, 0.25) is 0 Å². The fourth-order valence-corrected chi connectivity index (χ4v) is 2.56. The maximum atomic E-state index is 10.8. The highest BCUT2D eigenvalue weighted by Crippen LogP contribution is 2.36. The maximum Gasteiger partial charge on any atom is 0.320 e. The largest absolute Gasteiger partial charge is 0.481 e. The van der Waals surface area contributed by atoms with Crippen molar-refractivity contribution >= 4 is 11.9 Å². The molecule has 0 spiro atoms. The standard InChI is InChI=1S/C9H13NO4/c11-8(12)6-4-10-2-1-5(6)3-7(10)9(13)14/h5-7H,1-4H2,(H,11,12)(H,13,14)/t5-,6-,7-/m0/s1. The van der Waals surface area contributed by atoms with Crippen LogP contribution >= 0.6 is 0 Å². The van der Waals surface area contributed by atoms with Crippen LogP contribution in [0.2, 0.25) is 0 Å². The first kappa shape index (κ1) is 9.45. The maximum absolute atomic E-state index is 10.8. The highest BCUT2D eigenvalue weighted by molar-refractivity contribution is 5.76. The zero-order chi connectivity index (χ0) is 10.3. The molecule has 14 heavy (non-hydrogen) atoms. The first-order valence-corrected chi connectivity index (χ1v) is 4.79. The molecule has 0 aliphatic carbocycles. The summed E-state index contributed by atoms with van der Waals surface area (Å²) >= 11 is 0. The molecule has 3 rings (SSSR count). The van der Waals surface area contributed by atoms with Crippen molar-refractivity contribution in [3.05, 3.63) is 0 Å². The number of carboxylic acids is 2. The quantitative estimate of drug-likeness (QED) is 0.647. The predicted molar refractivity (Wildman–Crippen MR) is 46.8 cm³/mol. The van der Waals surface area contributed by atoms with Gasteiger partial charge in [0.1, 0.15) is 6.04 Å². The lowest BCUT2D eigenvalue weighted by molar-refractivity contribution is -0.159. The summed E-state index contributed by atoms with van der Waals surface area (Å²) < 4.78 is 0. The third-order valence-corrected chi connectivity index (χ3v) is 3.36. The molecule has 5 nitrogen and oxygen atoms in total. The van der Waals surface area contributed by atoms with Crippen molar-refractivity contribution in [1.82, 2.24) is 4.90 Å². The molecule has 2 N–H and O–H groups in total. The minimum atomic E-state index is -0.821. The van der Waals surface area contributed by atoms with E-state index in [0.717, 1.165) is 13.0 Å². The second kappa shape index (κ2) is 3.24. The van der Waals surface area contributed by atoms with E-state index in [1.165, 1.54) is 0 Å². The molecule has 4 atom stereocenters. The van der Waals surface area contributed by atoms with Gasteiger partial charge in [-0.1, -0.05) is 0 Å². The Labute approximate surface area is 81.3 Å². The molecule has 0 aromatic heterocycles. The van der Waals surface area contributed by atoms with E-state index in [-0.39, 0.29) is 11.8 Å². The van der Waals surface area contributed by atoms with Gasteiger partial charge in [-0.2, -0.15) is 0 Å². The number of fused-ring (bicyclic) bond motifs is 3. The summed E-state index contributed by atoms with van der Waals surface area (Å²) in [6, 6.07) is -0.454. The fourth-order valence-electron chi connectivity index (χ4n) is 2.56. The first-order chi connectivity index (χ1) is 6.59. The molecular weight excluding hydrogens is 186 g/mol. The lowest BCUT2D eigenvalue weighted by Gasteiger charge is -2.46. The number of piperidine rings is 3. The summed E-state index contributed by atoms with van der Waals surface area (Å²) in [6.45, 7) is 1.13. The monoisotopic (exact) mass is 199 g/mol. The molecule has 0 aromatic rings. The van der Waals surface area contributed by atoms with Gasteiger partial charge in [0.05, 0.1) is 5.92 Å². The lowest BCUT2D eigenvalue weighted by atomic mass is 9.75. The molecule has 0 saturated carbocycles. The average Bonchev–Trinajstić information content (AvgIpc) is 2.18. The van der Waals surface area contributed by atoms with E-state index in [1.807, 2.05) is 0 Å². The Hall–Kier alpha value is -1.10. The van der Waals surface area contributed by atoms with Gasteiger partial charge < -0.3 is 10.2 Å². The van der Waals surface area contributed by atoms with E-state index in [4.69, 9.17) is 10.2 Å². The van der Waals surface area contributed by atoms with Gasteiger partial charge in [-0.3, -0.25) is 14.5 Å². The second-order valence-electron chi connectivity index (χ2n) is 4.08. The van der Waals surface area contributed by atoms with Crippen LogP contribution < -0.4 is 0 Å². The molecule has 3 aliphatic heterocycles. The number of aliphatic carboxylic acids is 2. The van der Waals surface area contributed by atoms with E-state index in [1.54, 1.807) is 4.90 Å².